The van der Waals surface area contributed by atoms with E-state index in [0.717, 1.165) is 10.6 Å². The molecule has 0 radical (unpaired) electrons. The summed E-state index contributed by atoms with van der Waals surface area (Å²) in [6, 6.07) is 9.64. The Morgan fingerprint density at radius 2 is 2.00 bits per heavy atom. The summed E-state index contributed by atoms with van der Waals surface area (Å²) < 4.78 is 5.57. The topological polar surface area (TPSA) is 42.2 Å². The fraction of sp³-hybridized carbons (Fsp3) is 0.312. The number of anilines is 1. The smallest absolute Gasteiger partial charge is 0.260 e. The molecule has 0 aliphatic heterocycles. The monoisotopic (exact) mass is 365 g/mol. The largest absolute Gasteiger partial charge is 0.457 e. The number of carbonyl (C=O) groups is 1. The van der Waals surface area contributed by atoms with Gasteiger partial charge in [0.2, 0.25) is 0 Å². The summed E-state index contributed by atoms with van der Waals surface area (Å²) in [4.78, 5) is 13.4. The minimum absolute atomic E-state index is 0.157. The van der Waals surface area contributed by atoms with Crippen molar-refractivity contribution in [3.8, 4) is 0 Å². The summed E-state index contributed by atoms with van der Waals surface area (Å²) in [6.45, 7) is 0. The molecular weight excluding hydrogens is 350 g/mol. The first-order chi connectivity index (χ1) is 10.2. The van der Waals surface area contributed by atoms with Crippen molar-refractivity contribution in [3.63, 3.8) is 0 Å². The van der Waals surface area contributed by atoms with Crippen molar-refractivity contribution in [1.29, 1.82) is 0 Å². The van der Waals surface area contributed by atoms with Gasteiger partial charge in [0.25, 0.3) is 5.91 Å². The highest BCUT2D eigenvalue weighted by molar-refractivity contribution is 9.10. The van der Waals surface area contributed by atoms with Gasteiger partial charge in [0.15, 0.2) is 4.67 Å². The molecule has 110 valence electrons. The van der Waals surface area contributed by atoms with E-state index in [1.807, 2.05) is 30.0 Å². The van der Waals surface area contributed by atoms with Gasteiger partial charge in [0.1, 0.15) is 0 Å². The SMILES string of the molecule is O=C(Nc1ccccc1SC1CCCC1)c1ccoc1Br. The van der Waals surface area contributed by atoms with Crippen LogP contribution in [0.3, 0.4) is 0 Å². The number of amides is 1. The lowest BCUT2D eigenvalue weighted by molar-refractivity contribution is 0.102. The molecular formula is C16H16BrNO2S. The summed E-state index contributed by atoms with van der Waals surface area (Å²) in [5.41, 5.74) is 1.38. The van der Waals surface area contributed by atoms with E-state index in [1.54, 1.807) is 6.07 Å². The highest BCUT2D eigenvalue weighted by Gasteiger charge is 2.19. The van der Waals surface area contributed by atoms with Gasteiger partial charge in [0, 0.05) is 10.1 Å². The van der Waals surface area contributed by atoms with E-state index < -0.39 is 0 Å². The van der Waals surface area contributed by atoms with Crippen LogP contribution in [0.1, 0.15) is 36.0 Å². The molecule has 1 heterocycles. The second-order valence-electron chi connectivity index (χ2n) is 5.08. The van der Waals surface area contributed by atoms with Crippen molar-refractivity contribution in [2.45, 2.75) is 35.8 Å². The number of carbonyl (C=O) groups excluding carboxylic acids is 1. The minimum atomic E-state index is -0.157. The Balaban J connectivity index is 1.75. The number of rotatable bonds is 4. The highest BCUT2D eigenvalue weighted by atomic mass is 79.9. The minimum Gasteiger partial charge on any atom is -0.457 e. The molecule has 3 rings (SSSR count). The molecule has 0 atom stereocenters. The molecule has 0 saturated heterocycles. The zero-order valence-corrected chi connectivity index (χ0v) is 13.9. The van der Waals surface area contributed by atoms with Crippen molar-refractivity contribution in [3.05, 3.63) is 46.8 Å². The molecule has 0 bridgehead atoms. The van der Waals surface area contributed by atoms with Crippen LogP contribution in [0.2, 0.25) is 0 Å². The molecule has 1 aromatic carbocycles. The quantitative estimate of drug-likeness (QED) is 0.795. The van der Waals surface area contributed by atoms with Crippen LogP contribution in [0, 0.1) is 0 Å². The molecule has 1 saturated carbocycles. The lowest BCUT2D eigenvalue weighted by Crippen LogP contribution is -2.12. The van der Waals surface area contributed by atoms with Crippen LogP contribution in [0.15, 0.2) is 50.6 Å². The van der Waals surface area contributed by atoms with Crippen molar-refractivity contribution >= 4 is 39.3 Å². The lowest BCUT2D eigenvalue weighted by atomic mass is 10.3. The Kier molecular flexibility index (Phi) is 4.70. The number of hydrogen-bond acceptors (Lipinski definition) is 3. The van der Waals surface area contributed by atoms with E-state index in [4.69, 9.17) is 4.42 Å². The first-order valence-corrected chi connectivity index (χ1v) is 8.71. The maximum Gasteiger partial charge on any atom is 0.260 e. The van der Waals surface area contributed by atoms with E-state index in [-0.39, 0.29) is 5.91 Å². The Morgan fingerprint density at radius 1 is 1.24 bits per heavy atom. The second kappa shape index (κ2) is 6.71. The third-order valence-corrected chi connectivity index (χ3v) is 5.62. The Labute approximate surface area is 136 Å². The van der Waals surface area contributed by atoms with Gasteiger partial charge in [0.05, 0.1) is 17.5 Å². The van der Waals surface area contributed by atoms with Crippen LogP contribution in [0.5, 0.6) is 0 Å². The van der Waals surface area contributed by atoms with Crippen molar-refractivity contribution < 1.29 is 9.21 Å². The van der Waals surface area contributed by atoms with Gasteiger partial charge in [-0.05, 0) is 47.0 Å². The summed E-state index contributed by atoms with van der Waals surface area (Å²) >= 11 is 5.11. The average molecular weight is 366 g/mol. The number of nitrogens with one attached hydrogen (secondary N) is 1. The zero-order chi connectivity index (χ0) is 14.7. The normalized spacial score (nSPS) is 15.3. The second-order valence-corrected chi connectivity index (χ2v) is 7.15. The molecule has 1 N–H and O–H groups in total. The molecule has 5 heteroatoms. The lowest BCUT2D eigenvalue weighted by Gasteiger charge is -2.13. The average Bonchev–Trinajstić information content (AvgIpc) is 3.12. The fourth-order valence-electron chi connectivity index (χ4n) is 2.50. The maximum atomic E-state index is 12.3. The molecule has 21 heavy (non-hydrogen) atoms. The number of halogens is 1. The van der Waals surface area contributed by atoms with Gasteiger partial charge in [-0.3, -0.25) is 4.79 Å². The van der Waals surface area contributed by atoms with E-state index in [2.05, 4.69) is 27.3 Å². The van der Waals surface area contributed by atoms with Crippen LogP contribution >= 0.6 is 27.7 Å². The number of thioether (sulfide) groups is 1. The summed E-state index contributed by atoms with van der Waals surface area (Å²) in [7, 11) is 0. The number of para-hydroxylation sites is 1. The van der Waals surface area contributed by atoms with Crippen LogP contribution in [0.25, 0.3) is 0 Å². The molecule has 2 aromatic rings. The Bertz CT molecular complexity index is 635. The van der Waals surface area contributed by atoms with Gasteiger partial charge in [-0.15, -0.1) is 11.8 Å². The third kappa shape index (κ3) is 3.52. The van der Waals surface area contributed by atoms with Crippen molar-refractivity contribution in [2.75, 3.05) is 5.32 Å². The predicted octanol–water partition coefficient (Wildman–Crippen LogP) is 5.33. The maximum absolute atomic E-state index is 12.3. The number of benzene rings is 1. The zero-order valence-electron chi connectivity index (χ0n) is 11.5. The van der Waals surface area contributed by atoms with Crippen molar-refractivity contribution in [1.82, 2.24) is 0 Å². The van der Waals surface area contributed by atoms with Crippen LogP contribution in [-0.2, 0) is 0 Å². The molecule has 1 aromatic heterocycles. The Hall–Kier alpha value is -1.20. The van der Waals surface area contributed by atoms with Gasteiger partial charge in [-0.25, -0.2) is 0 Å². The molecule has 0 spiro atoms. The molecule has 1 aliphatic rings. The molecule has 0 unspecified atom stereocenters. The predicted molar refractivity (Wildman–Crippen MR) is 88.9 cm³/mol. The first kappa shape index (κ1) is 14.7. The van der Waals surface area contributed by atoms with Gasteiger partial charge < -0.3 is 9.73 Å². The molecule has 1 aliphatic carbocycles. The van der Waals surface area contributed by atoms with Gasteiger partial charge in [-0.1, -0.05) is 25.0 Å². The highest BCUT2D eigenvalue weighted by Crippen LogP contribution is 2.38. The van der Waals surface area contributed by atoms with E-state index in [0.29, 0.717) is 15.5 Å². The molecule has 3 nitrogen and oxygen atoms in total. The number of furan rings is 1. The van der Waals surface area contributed by atoms with E-state index in [1.165, 1.54) is 31.9 Å². The van der Waals surface area contributed by atoms with Crippen LogP contribution in [-0.4, -0.2) is 11.2 Å². The summed E-state index contributed by atoms with van der Waals surface area (Å²) in [6.07, 6.45) is 6.65. The standard InChI is InChI=1S/C16H16BrNO2S/c17-15-12(9-10-20-15)16(19)18-13-7-3-4-8-14(13)21-11-5-1-2-6-11/h3-4,7-11H,1-2,5-6H2,(H,18,19). The van der Waals surface area contributed by atoms with Crippen LogP contribution < -0.4 is 5.32 Å². The van der Waals surface area contributed by atoms with Gasteiger partial charge in [-0.2, -0.15) is 0 Å². The molecule has 1 fully saturated rings. The van der Waals surface area contributed by atoms with E-state index in [9.17, 15) is 4.79 Å². The van der Waals surface area contributed by atoms with Gasteiger partial charge >= 0.3 is 0 Å². The number of hydrogen-bond donors (Lipinski definition) is 1. The van der Waals surface area contributed by atoms with Crippen molar-refractivity contribution in [2.24, 2.45) is 0 Å². The molecule has 1 amide bonds. The third-order valence-electron chi connectivity index (χ3n) is 3.59. The summed E-state index contributed by atoms with van der Waals surface area (Å²) in [5, 5.41) is 3.65. The first-order valence-electron chi connectivity index (χ1n) is 7.04. The summed E-state index contributed by atoms with van der Waals surface area (Å²) in [5.74, 6) is -0.157. The van der Waals surface area contributed by atoms with E-state index >= 15 is 0 Å². The van der Waals surface area contributed by atoms with Crippen LogP contribution in [0.4, 0.5) is 5.69 Å². The fourth-order valence-corrected chi connectivity index (χ4v) is 4.26. The Morgan fingerprint density at radius 3 is 2.71 bits per heavy atom.